The highest BCUT2D eigenvalue weighted by molar-refractivity contribution is 5.91. The van der Waals surface area contributed by atoms with Gasteiger partial charge < -0.3 is 14.7 Å². The molecule has 0 aromatic rings. The first-order valence-electron chi connectivity index (χ1n) is 6.05. The summed E-state index contributed by atoms with van der Waals surface area (Å²) in [7, 11) is 0. The highest BCUT2D eigenvalue weighted by Gasteiger charge is 2.71. The van der Waals surface area contributed by atoms with E-state index >= 15 is 0 Å². The van der Waals surface area contributed by atoms with Crippen molar-refractivity contribution >= 4 is 11.9 Å². The largest absolute Gasteiger partial charge is 0.481 e. The number of amides is 1. The van der Waals surface area contributed by atoms with Crippen LogP contribution in [0.2, 0.25) is 0 Å². The van der Waals surface area contributed by atoms with Crippen molar-refractivity contribution in [2.45, 2.75) is 30.6 Å². The monoisotopic (exact) mass is 235 g/mol. The van der Waals surface area contributed by atoms with Crippen molar-refractivity contribution in [2.24, 2.45) is 11.8 Å². The summed E-state index contributed by atoms with van der Waals surface area (Å²) < 4.78 is 5.89. The summed E-state index contributed by atoms with van der Waals surface area (Å²) in [5, 5.41) is 9.28. The molecule has 0 saturated carbocycles. The number of carbonyl (C=O) groups excluding carboxylic acids is 1. The maximum Gasteiger partial charge on any atom is 0.310 e. The fourth-order valence-electron chi connectivity index (χ4n) is 4.10. The topological polar surface area (TPSA) is 66.8 Å². The van der Waals surface area contributed by atoms with Crippen molar-refractivity contribution in [3.8, 4) is 0 Å². The number of aliphatic carboxylic acids is 1. The Hall–Kier alpha value is -1.36. The molecule has 0 aromatic heterocycles. The van der Waals surface area contributed by atoms with Crippen molar-refractivity contribution in [1.82, 2.24) is 4.90 Å². The van der Waals surface area contributed by atoms with Crippen molar-refractivity contribution in [2.75, 3.05) is 6.54 Å². The molecule has 5 heteroatoms. The van der Waals surface area contributed by atoms with E-state index in [9.17, 15) is 14.7 Å². The summed E-state index contributed by atoms with van der Waals surface area (Å²) in [6.07, 6.45) is 5.26. The molecule has 4 aliphatic heterocycles. The third-order valence-electron chi connectivity index (χ3n) is 4.69. The van der Waals surface area contributed by atoms with Crippen LogP contribution >= 0.6 is 0 Å². The van der Waals surface area contributed by atoms with E-state index in [-0.39, 0.29) is 11.9 Å². The number of carboxylic acids is 1. The summed E-state index contributed by atoms with van der Waals surface area (Å²) in [6, 6.07) is 0.0607. The Labute approximate surface area is 98.0 Å². The predicted molar refractivity (Wildman–Crippen MR) is 56.1 cm³/mol. The van der Waals surface area contributed by atoms with Crippen molar-refractivity contribution in [3.05, 3.63) is 12.2 Å². The summed E-state index contributed by atoms with van der Waals surface area (Å²) in [5.41, 5.74) is -0.638. The molecule has 4 heterocycles. The van der Waals surface area contributed by atoms with Gasteiger partial charge in [0.1, 0.15) is 11.5 Å². The molecule has 5 nitrogen and oxygen atoms in total. The first-order valence-corrected chi connectivity index (χ1v) is 6.05. The number of rotatable bonds is 1. The van der Waals surface area contributed by atoms with Crippen molar-refractivity contribution in [3.63, 3.8) is 0 Å². The molecule has 1 spiro atoms. The van der Waals surface area contributed by atoms with Crippen LogP contribution < -0.4 is 0 Å². The Morgan fingerprint density at radius 3 is 3.18 bits per heavy atom. The summed E-state index contributed by atoms with van der Waals surface area (Å²) in [4.78, 5) is 25.5. The average molecular weight is 235 g/mol. The van der Waals surface area contributed by atoms with Gasteiger partial charge in [0.05, 0.1) is 18.1 Å². The van der Waals surface area contributed by atoms with Gasteiger partial charge in [0, 0.05) is 6.54 Å². The molecule has 0 unspecified atom stereocenters. The lowest BCUT2D eigenvalue weighted by Crippen LogP contribution is -2.42. The molecular weight excluding hydrogens is 222 g/mol. The second-order valence-corrected chi connectivity index (χ2v) is 5.33. The summed E-state index contributed by atoms with van der Waals surface area (Å²) in [6.45, 7) is 0.746. The van der Waals surface area contributed by atoms with E-state index in [2.05, 4.69) is 0 Å². The zero-order valence-electron chi connectivity index (χ0n) is 9.20. The number of carbonyl (C=O) groups is 2. The molecule has 3 fully saturated rings. The zero-order valence-corrected chi connectivity index (χ0v) is 9.20. The van der Waals surface area contributed by atoms with Crippen molar-refractivity contribution in [1.29, 1.82) is 0 Å². The first kappa shape index (κ1) is 9.65. The third-order valence-corrected chi connectivity index (χ3v) is 4.69. The van der Waals surface area contributed by atoms with Crippen LogP contribution in [0.3, 0.4) is 0 Å². The molecule has 3 saturated heterocycles. The Morgan fingerprint density at radius 1 is 1.59 bits per heavy atom. The minimum absolute atomic E-state index is 0.0215. The molecule has 1 amide bonds. The Morgan fingerprint density at radius 2 is 2.41 bits per heavy atom. The van der Waals surface area contributed by atoms with Gasteiger partial charge in [0.15, 0.2) is 0 Å². The van der Waals surface area contributed by atoms with Crippen LogP contribution in [0, 0.1) is 11.8 Å². The van der Waals surface area contributed by atoms with Gasteiger partial charge >= 0.3 is 5.97 Å². The lowest BCUT2D eigenvalue weighted by molar-refractivity contribution is -0.148. The molecule has 1 N–H and O–H groups in total. The van der Waals surface area contributed by atoms with Crippen LogP contribution in [-0.2, 0) is 14.3 Å². The van der Waals surface area contributed by atoms with E-state index in [1.165, 1.54) is 0 Å². The van der Waals surface area contributed by atoms with Gasteiger partial charge in [0.25, 0.3) is 0 Å². The van der Waals surface area contributed by atoms with Crippen LogP contribution in [0.1, 0.15) is 12.8 Å². The van der Waals surface area contributed by atoms with Crippen LogP contribution in [0.15, 0.2) is 12.2 Å². The second kappa shape index (κ2) is 2.72. The molecule has 0 radical (unpaired) electrons. The maximum absolute atomic E-state index is 12.3. The standard InChI is InChI=1S/C12H13NO4/c14-10-9-8(11(15)16)6-3-4-12(9,17-6)7-2-1-5-13(7)10/h3-4,6-9H,1-2,5H2,(H,15,16)/t6-,7+,8-,9+,12-/m0/s1. The number of ether oxygens (including phenoxy) is 1. The molecule has 4 aliphatic rings. The minimum atomic E-state index is -0.916. The lowest BCUT2D eigenvalue weighted by atomic mass is 9.74. The molecule has 0 aromatic carbocycles. The van der Waals surface area contributed by atoms with E-state index in [4.69, 9.17) is 4.74 Å². The van der Waals surface area contributed by atoms with Crippen LogP contribution in [-0.4, -0.2) is 46.2 Å². The average Bonchev–Trinajstić information content (AvgIpc) is 3.00. The minimum Gasteiger partial charge on any atom is -0.481 e. The zero-order chi connectivity index (χ0) is 11.8. The van der Waals surface area contributed by atoms with Crippen LogP contribution in [0.4, 0.5) is 0 Å². The molecule has 17 heavy (non-hydrogen) atoms. The lowest BCUT2D eigenvalue weighted by Gasteiger charge is -2.28. The fraction of sp³-hybridized carbons (Fsp3) is 0.667. The Balaban J connectivity index is 1.86. The maximum atomic E-state index is 12.3. The summed E-state index contributed by atoms with van der Waals surface area (Å²) >= 11 is 0. The van der Waals surface area contributed by atoms with Gasteiger partial charge in [-0.25, -0.2) is 0 Å². The molecule has 5 atom stereocenters. The van der Waals surface area contributed by atoms with Gasteiger partial charge in [0.2, 0.25) is 5.91 Å². The molecule has 90 valence electrons. The summed E-state index contributed by atoms with van der Waals surface area (Å²) in [5.74, 6) is -2.13. The van der Waals surface area contributed by atoms with E-state index < -0.39 is 29.5 Å². The van der Waals surface area contributed by atoms with Gasteiger partial charge in [-0.1, -0.05) is 12.2 Å². The number of carboxylic acid groups (broad SMARTS) is 1. The predicted octanol–water partition coefficient (Wildman–Crippen LogP) is 0.0154. The Bertz CT molecular complexity index is 459. The van der Waals surface area contributed by atoms with Crippen LogP contribution in [0.25, 0.3) is 0 Å². The van der Waals surface area contributed by atoms with Gasteiger partial charge in [-0.3, -0.25) is 9.59 Å². The number of nitrogens with zero attached hydrogens (tertiary/aromatic N) is 1. The second-order valence-electron chi connectivity index (χ2n) is 5.33. The smallest absolute Gasteiger partial charge is 0.310 e. The highest BCUT2D eigenvalue weighted by atomic mass is 16.5. The normalized spacial score (nSPS) is 49.9. The first-order chi connectivity index (χ1) is 8.15. The number of fused-ring (bicyclic) bond motifs is 2. The van der Waals surface area contributed by atoms with Crippen molar-refractivity contribution < 1.29 is 19.4 Å². The molecule has 2 bridgehead atoms. The Kier molecular flexibility index (Phi) is 1.54. The van der Waals surface area contributed by atoms with Crippen LogP contribution in [0.5, 0.6) is 0 Å². The van der Waals surface area contributed by atoms with E-state index in [0.29, 0.717) is 0 Å². The number of hydrogen-bond acceptors (Lipinski definition) is 3. The molecule has 0 aliphatic carbocycles. The van der Waals surface area contributed by atoms with E-state index in [1.54, 1.807) is 0 Å². The van der Waals surface area contributed by atoms with Gasteiger partial charge in [-0.05, 0) is 12.8 Å². The molecular formula is C12H13NO4. The van der Waals surface area contributed by atoms with Gasteiger partial charge in [-0.2, -0.15) is 0 Å². The molecule has 4 rings (SSSR count). The van der Waals surface area contributed by atoms with E-state index in [0.717, 1.165) is 19.4 Å². The highest BCUT2D eigenvalue weighted by Crippen LogP contribution is 2.57. The number of hydrogen-bond donors (Lipinski definition) is 1. The quantitative estimate of drug-likeness (QED) is 0.650. The van der Waals surface area contributed by atoms with Gasteiger partial charge in [-0.15, -0.1) is 0 Å². The fourth-order valence-corrected chi connectivity index (χ4v) is 4.10. The SMILES string of the molecule is O=C(O)[C@H]1[C@@H]2C=C[C@@]3(O2)[C@H]1C(=O)N1CCC[C@@H]13. The van der Waals surface area contributed by atoms with E-state index in [1.807, 2.05) is 17.1 Å². The third kappa shape index (κ3) is 0.877.